The molecule has 5 rings (SSSR count). The molecule has 33 heavy (non-hydrogen) atoms. The number of fused-ring (bicyclic) bond motifs is 1. The summed E-state index contributed by atoms with van der Waals surface area (Å²) < 4.78 is 39.3. The molecule has 0 radical (unpaired) electrons. The van der Waals surface area contributed by atoms with Gasteiger partial charge in [-0.15, -0.1) is 0 Å². The van der Waals surface area contributed by atoms with Crippen LogP contribution in [-0.4, -0.2) is 41.9 Å². The molecule has 1 fully saturated rings. The second-order valence-corrected chi connectivity index (χ2v) is 8.00. The van der Waals surface area contributed by atoms with E-state index in [9.17, 15) is 23.1 Å². The predicted molar refractivity (Wildman–Crippen MR) is 114 cm³/mol. The molecule has 1 N–H and O–H groups in total. The van der Waals surface area contributed by atoms with Crippen LogP contribution < -0.4 is 5.56 Å². The van der Waals surface area contributed by atoms with Crippen molar-refractivity contribution in [3.8, 4) is 22.5 Å². The number of halogens is 3. The Hall–Kier alpha value is -3.66. The van der Waals surface area contributed by atoms with Gasteiger partial charge in [0.2, 0.25) is 0 Å². The number of nitrogens with zero attached hydrogens (tertiary/aromatic N) is 5. The average molecular weight is 453 g/mol. The Morgan fingerprint density at radius 1 is 1.12 bits per heavy atom. The molecular weight excluding hydrogens is 435 g/mol. The Bertz CT molecular complexity index is 1370. The number of aliphatic hydroxyl groups excluding tert-OH is 1. The van der Waals surface area contributed by atoms with Crippen molar-refractivity contribution in [2.45, 2.75) is 37.6 Å². The first-order valence-electron chi connectivity index (χ1n) is 10.3. The van der Waals surface area contributed by atoms with E-state index in [-0.39, 0.29) is 10.9 Å². The van der Waals surface area contributed by atoms with E-state index in [2.05, 4.69) is 19.9 Å². The molecule has 1 aliphatic carbocycles. The van der Waals surface area contributed by atoms with Crippen LogP contribution in [0, 0.1) is 0 Å². The lowest BCUT2D eigenvalue weighted by Crippen LogP contribution is -2.36. The third-order valence-corrected chi connectivity index (χ3v) is 5.57. The summed E-state index contributed by atoms with van der Waals surface area (Å²) in [6.07, 6.45) is 0.516. The number of alkyl halides is 3. The molecular formula is C23H18F3N5O2. The van der Waals surface area contributed by atoms with Crippen LogP contribution >= 0.6 is 0 Å². The molecule has 7 nitrogen and oxygen atoms in total. The smallest absolute Gasteiger partial charge is 0.382 e. The van der Waals surface area contributed by atoms with Gasteiger partial charge >= 0.3 is 6.18 Å². The molecule has 4 aromatic heterocycles. The van der Waals surface area contributed by atoms with Gasteiger partial charge in [-0.25, -0.2) is 9.97 Å². The van der Waals surface area contributed by atoms with Crippen molar-refractivity contribution in [1.82, 2.24) is 24.5 Å². The topological polar surface area (TPSA) is 93.8 Å². The number of aliphatic hydroxyl groups is 1. The molecule has 168 valence electrons. The number of rotatable bonds is 5. The maximum absolute atomic E-state index is 13.1. The molecule has 1 aliphatic rings. The lowest BCUT2D eigenvalue weighted by Gasteiger charge is -2.16. The van der Waals surface area contributed by atoms with Gasteiger partial charge in [0, 0.05) is 41.3 Å². The Morgan fingerprint density at radius 3 is 2.58 bits per heavy atom. The van der Waals surface area contributed by atoms with Crippen molar-refractivity contribution < 1.29 is 18.3 Å². The summed E-state index contributed by atoms with van der Waals surface area (Å²) in [6.45, 7) is -0.956. The Balaban J connectivity index is 1.67. The second kappa shape index (κ2) is 8.04. The zero-order chi connectivity index (χ0) is 23.2. The van der Waals surface area contributed by atoms with Crippen LogP contribution in [0.3, 0.4) is 0 Å². The third-order valence-electron chi connectivity index (χ3n) is 5.57. The molecule has 4 aromatic rings. The monoisotopic (exact) mass is 453 g/mol. The molecule has 0 aliphatic heterocycles. The molecule has 0 amide bonds. The summed E-state index contributed by atoms with van der Waals surface area (Å²) >= 11 is 0. The highest BCUT2D eigenvalue weighted by atomic mass is 19.4. The Kier molecular flexibility index (Phi) is 5.16. The Labute approximate surface area is 185 Å². The van der Waals surface area contributed by atoms with Gasteiger partial charge < -0.3 is 5.11 Å². The van der Waals surface area contributed by atoms with E-state index in [1.54, 1.807) is 30.7 Å². The molecule has 0 spiro atoms. The van der Waals surface area contributed by atoms with Crippen molar-refractivity contribution >= 4 is 10.9 Å². The van der Waals surface area contributed by atoms with Gasteiger partial charge in [-0.3, -0.25) is 19.3 Å². The van der Waals surface area contributed by atoms with Crippen LogP contribution in [0.1, 0.15) is 24.5 Å². The van der Waals surface area contributed by atoms with Gasteiger partial charge in [-0.05, 0) is 43.2 Å². The van der Waals surface area contributed by atoms with Crippen molar-refractivity contribution in [3.05, 3.63) is 71.3 Å². The van der Waals surface area contributed by atoms with Gasteiger partial charge in [0.1, 0.15) is 5.52 Å². The third kappa shape index (κ3) is 4.21. The molecule has 4 heterocycles. The molecule has 0 saturated heterocycles. The summed E-state index contributed by atoms with van der Waals surface area (Å²) in [5.41, 5.74) is 2.60. The summed E-state index contributed by atoms with van der Waals surface area (Å²) in [5.74, 6) is 0.478. The Morgan fingerprint density at radius 2 is 1.94 bits per heavy atom. The lowest BCUT2D eigenvalue weighted by molar-refractivity contribution is -0.207. The van der Waals surface area contributed by atoms with E-state index >= 15 is 0 Å². The minimum atomic E-state index is -4.85. The van der Waals surface area contributed by atoms with Gasteiger partial charge in [0.05, 0.1) is 29.6 Å². The predicted octanol–water partition coefficient (Wildman–Crippen LogP) is 3.72. The molecule has 0 aromatic carbocycles. The van der Waals surface area contributed by atoms with Crippen molar-refractivity contribution in [2.24, 2.45) is 0 Å². The highest BCUT2D eigenvalue weighted by Gasteiger charge is 2.38. The zero-order valence-electron chi connectivity index (χ0n) is 17.2. The van der Waals surface area contributed by atoms with Gasteiger partial charge in [-0.2, -0.15) is 13.2 Å². The quantitative estimate of drug-likeness (QED) is 0.495. The molecule has 10 heteroatoms. The van der Waals surface area contributed by atoms with Crippen molar-refractivity contribution in [1.29, 1.82) is 0 Å². The molecule has 1 atom stereocenters. The van der Waals surface area contributed by atoms with Crippen LogP contribution in [0.2, 0.25) is 0 Å². The van der Waals surface area contributed by atoms with E-state index in [1.165, 1.54) is 6.07 Å². The fraction of sp³-hybridized carbons (Fsp3) is 0.261. The maximum atomic E-state index is 13.1. The van der Waals surface area contributed by atoms with Crippen LogP contribution in [0.5, 0.6) is 0 Å². The van der Waals surface area contributed by atoms with Gasteiger partial charge in [0.15, 0.2) is 6.10 Å². The SMILES string of the molecule is O=c1c2cc(-c3ccc(C4CC4)nc3)nc(-c3cccnc3)c2ncn1C[C@H](O)C(F)(F)F. The standard InChI is InChI=1S/C23H18F3N5O2/c24-23(25,26)19(32)11-31-12-29-21-16(22(31)33)8-18(30-20(21)15-2-1-7-27-9-15)14-5-6-17(28-10-14)13-3-4-13/h1-2,5-10,12-13,19,32H,3-4,11H2/t19-/m0/s1. The first-order chi connectivity index (χ1) is 15.8. The zero-order valence-corrected chi connectivity index (χ0v) is 17.2. The highest BCUT2D eigenvalue weighted by molar-refractivity contribution is 5.93. The summed E-state index contributed by atoms with van der Waals surface area (Å²) in [6, 6.07) is 8.75. The highest BCUT2D eigenvalue weighted by Crippen LogP contribution is 2.39. The molecule has 0 unspecified atom stereocenters. The summed E-state index contributed by atoms with van der Waals surface area (Å²) in [5, 5.41) is 9.52. The van der Waals surface area contributed by atoms with Crippen molar-refractivity contribution in [2.75, 3.05) is 0 Å². The van der Waals surface area contributed by atoms with Crippen LogP contribution in [0.15, 0.2) is 60.0 Å². The van der Waals surface area contributed by atoms with E-state index in [0.29, 0.717) is 28.4 Å². The minimum absolute atomic E-state index is 0.0852. The second-order valence-electron chi connectivity index (χ2n) is 8.00. The van der Waals surface area contributed by atoms with Gasteiger partial charge in [-0.1, -0.05) is 0 Å². The largest absolute Gasteiger partial charge is 0.416 e. The van der Waals surface area contributed by atoms with E-state index in [1.807, 2.05) is 12.1 Å². The number of pyridine rings is 3. The minimum Gasteiger partial charge on any atom is -0.382 e. The number of hydrogen-bond acceptors (Lipinski definition) is 6. The summed E-state index contributed by atoms with van der Waals surface area (Å²) in [7, 11) is 0. The molecule has 1 saturated carbocycles. The van der Waals surface area contributed by atoms with Crippen LogP contribution in [0.4, 0.5) is 13.2 Å². The maximum Gasteiger partial charge on any atom is 0.416 e. The number of hydrogen-bond donors (Lipinski definition) is 1. The van der Waals surface area contributed by atoms with E-state index < -0.39 is 24.4 Å². The van der Waals surface area contributed by atoms with Crippen LogP contribution in [-0.2, 0) is 6.54 Å². The van der Waals surface area contributed by atoms with Crippen molar-refractivity contribution in [3.63, 3.8) is 0 Å². The first-order valence-corrected chi connectivity index (χ1v) is 10.3. The first kappa shape index (κ1) is 21.2. The summed E-state index contributed by atoms with van der Waals surface area (Å²) in [4.78, 5) is 30.6. The average Bonchev–Trinajstić information content (AvgIpc) is 3.66. The van der Waals surface area contributed by atoms with E-state index in [0.717, 1.165) is 29.4 Å². The fourth-order valence-corrected chi connectivity index (χ4v) is 3.62. The molecule has 0 bridgehead atoms. The number of aromatic nitrogens is 5. The van der Waals surface area contributed by atoms with E-state index in [4.69, 9.17) is 0 Å². The van der Waals surface area contributed by atoms with Crippen LogP contribution in [0.25, 0.3) is 33.4 Å². The fourth-order valence-electron chi connectivity index (χ4n) is 3.62. The van der Waals surface area contributed by atoms with Gasteiger partial charge in [0.25, 0.3) is 5.56 Å². The lowest BCUT2D eigenvalue weighted by atomic mass is 10.1. The normalized spacial score (nSPS) is 15.0.